The number of sulfone groups is 1. The zero-order chi connectivity index (χ0) is 44.3. The first-order chi connectivity index (χ1) is 30.3. The van der Waals surface area contributed by atoms with Crippen molar-refractivity contribution in [3.63, 3.8) is 0 Å². The van der Waals surface area contributed by atoms with Crippen LogP contribution in [0.1, 0.15) is 102 Å². The monoisotopic (exact) mass is 882 g/mol. The number of likely N-dealkylation sites (tertiary alicyclic amines) is 2. The van der Waals surface area contributed by atoms with Crippen molar-refractivity contribution in [2.24, 2.45) is 11.8 Å². The van der Waals surface area contributed by atoms with E-state index in [-0.39, 0.29) is 23.4 Å². The molecule has 2 atom stereocenters. The summed E-state index contributed by atoms with van der Waals surface area (Å²) in [4.78, 5) is 60.2. The summed E-state index contributed by atoms with van der Waals surface area (Å²) in [5.41, 5.74) is 4.23. The highest BCUT2D eigenvalue weighted by molar-refractivity contribution is 7.90. The average Bonchev–Trinajstić information content (AvgIpc) is 3.52. The summed E-state index contributed by atoms with van der Waals surface area (Å²) in [5, 5.41) is 5.69. The lowest BCUT2D eigenvalue weighted by Gasteiger charge is -2.40. The van der Waals surface area contributed by atoms with Crippen LogP contribution in [0.25, 0.3) is 0 Å². The number of piperidine rings is 4. The molecule has 63 heavy (non-hydrogen) atoms. The molecular weight excluding hydrogens is 821 g/mol. The number of imide groups is 2. The first-order valence-electron chi connectivity index (χ1n) is 22.8. The van der Waals surface area contributed by atoms with Gasteiger partial charge in [0.2, 0.25) is 11.8 Å². The molecule has 3 aromatic carbocycles. The van der Waals surface area contributed by atoms with E-state index in [2.05, 4.69) is 49.6 Å². The van der Waals surface area contributed by atoms with E-state index in [0.29, 0.717) is 53.9 Å². The predicted molar refractivity (Wildman–Crippen MR) is 242 cm³/mol. The first-order valence-corrected chi connectivity index (χ1v) is 24.8. The number of ether oxygens (including phenoxy) is 2. The number of hydrogen-bond acceptors (Lipinski definition) is 12. The Morgan fingerprint density at radius 3 is 2.00 bits per heavy atom. The molecule has 0 bridgehead atoms. The number of nitrogens with one attached hydrogen (secondary N) is 2. The zero-order valence-electron chi connectivity index (χ0n) is 36.9. The van der Waals surface area contributed by atoms with Gasteiger partial charge in [0.1, 0.15) is 15.9 Å². The topological polar surface area (TPSA) is 158 Å². The minimum Gasteiger partial charge on any atom is -0.493 e. The highest BCUT2D eigenvalue weighted by Gasteiger charge is 2.42. The van der Waals surface area contributed by atoms with E-state index in [9.17, 15) is 27.6 Å². The Morgan fingerprint density at radius 2 is 1.38 bits per heavy atom. The van der Waals surface area contributed by atoms with Crippen molar-refractivity contribution in [3.05, 3.63) is 82.9 Å². The highest BCUT2D eigenvalue weighted by atomic mass is 32.2. The zero-order valence-corrected chi connectivity index (χ0v) is 37.7. The molecule has 3 aromatic rings. The van der Waals surface area contributed by atoms with E-state index in [0.717, 1.165) is 99.9 Å². The van der Waals surface area contributed by atoms with Gasteiger partial charge in [-0.2, -0.15) is 0 Å². The molecule has 338 valence electrons. The van der Waals surface area contributed by atoms with Gasteiger partial charge < -0.3 is 29.5 Å². The van der Waals surface area contributed by atoms with Crippen molar-refractivity contribution in [2.45, 2.75) is 76.3 Å². The fraction of sp³-hybridized carbons (Fsp3) is 0.542. The first kappa shape index (κ1) is 44.6. The molecule has 5 aliphatic heterocycles. The Labute approximate surface area is 371 Å². The lowest BCUT2D eigenvalue weighted by Crippen LogP contribution is -2.47. The number of rotatable bonds is 15. The van der Waals surface area contributed by atoms with Gasteiger partial charge in [0, 0.05) is 50.2 Å². The largest absolute Gasteiger partial charge is 0.493 e. The van der Waals surface area contributed by atoms with Gasteiger partial charge >= 0.3 is 0 Å². The van der Waals surface area contributed by atoms with Gasteiger partial charge in [0.25, 0.3) is 11.8 Å². The molecule has 5 heterocycles. The smallest absolute Gasteiger partial charge is 0.262 e. The van der Waals surface area contributed by atoms with Gasteiger partial charge in [0.15, 0.2) is 11.5 Å². The van der Waals surface area contributed by atoms with Crippen LogP contribution in [-0.4, -0.2) is 131 Å². The fourth-order valence-electron chi connectivity index (χ4n) is 10.3. The summed E-state index contributed by atoms with van der Waals surface area (Å²) < 4.78 is 36.5. The summed E-state index contributed by atoms with van der Waals surface area (Å²) >= 11 is 0. The molecule has 0 aromatic heterocycles. The third-order valence-electron chi connectivity index (χ3n) is 13.8. The number of amides is 4. The van der Waals surface area contributed by atoms with E-state index in [1.807, 2.05) is 19.1 Å². The van der Waals surface area contributed by atoms with Gasteiger partial charge in [0.05, 0.1) is 36.6 Å². The van der Waals surface area contributed by atoms with E-state index < -0.39 is 33.4 Å². The molecule has 0 aliphatic carbocycles. The summed E-state index contributed by atoms with van der Waals surface area (Å²) in [6.45, 7) is 10.7. The van der Waals surface area contributed by atoms with Crippen LogP contribution in [0.15, 0.2) is 60.7 Å². The van der Waals surface area contributed by atoms with Crippen LogP contribution in [0.5, 0.6) is 11.5 Å². The maximum Gasteiger partial charge on any atom is 0.262 e. The van der Waals surface area contributed by atoms with E-state index in [4.69, 9.17) is 9.47 Å². The third-order valence-corrected chi connectivity index (χ3v) is 14.7. The second-order valence-electron chi connectivity index (χ2n) is 18.2. The highest BCUT2D eigenvalue weighted by Crippen LogP contribution is 2.39. The molecule has 1 unspecified atom stereocenters. The second-order valence-corrected chi connectivity index (χ2v) is 20.4. The second kappa shape index (κ2) is 19.4. The molecule has 4 amide bonds. The van der Waals surface area contributed by atoms with Crippen LogP contribution in [0.2, 0.25) is 0 Å². The van der Waals surface area contributed by atoms with E-state index >= 15 is 0 Å². The number of methoxy groups -OCH3 is 1. The van der Waals surface area contributed by atoms with E-state index in [1.165, 1.54) is 32.1 Å². The molecule has 0 saturated carbocycles. The molecule has 15 heteroatoms. The SMILES string of the molecule is CCOc1cc([C@@H](CS(C)(=O)=O)N2C(=O)c3ccc(N4CCC(CN5CCC(CN6CCC(c7ccc(NC8CCC(=O)NC8=O)cc7)CC6)CC5)CC4)cc3C2=O)ccc1OC. The number of benzene rings is 3. The molecule has 8 rings (SSSR count). The van der Waals surface area contributed by atoms with Crippen molar-refractivity contribution in [2.75, 3.05) is 88.3 Å². The molecular formula is C48H62N6O8S. The number of carbonyl (C=O) groups is 4. The maximum atomic E-state index is 14.0. The Kier molecular flexibility index (Phi) is 13.7. The molecule has 5 aliphatic rings. The Morgan fingerprint density at radius 1 is 0.746 bits per heavy atom. The molecule has 2 N–H and O–H groups in total. The van der Waals surface area contributed by atoms with Gasteiger partial charge in [-0.05, 0) is 149 Å². The fourth-order valence-corrected chi connectivity index (χ4v) is 11.2. The van der Waals surface area contributed by atoms with Crippen molar-refractivity contribution in [1.82, 2.24) is 20.0 Å². The molecule has 0 spiro atoms. The minimum atomic E-state index is -3.60. The van der Waals surface area contributed by atoms with Crippen molar-refractivity contribution in [3.8, 4) is 11.5 Å². The molecule has 4 fully saturated rings. The number of anilines is 2. The molecule has 0 radical (unpaired) electrons. The Bertz CT molecular complexity index is 2260. The lowest BCUT2D eigenvalue weighted by atomic mass is 9.88. The van der Waals surface area contributed by atoms with Crippen molar-refractivity contribution >= 4 is 44.8 Å². The molecule has 4 saturated heterocycles. The summed E-state index contributed by atoms with van der Waals surface area (Å²) in [6, 6.07) is 17.5. The molecule has 14 nitrogen and oxygen atoms in total. The van der Waals surface area contributed by atoms with Crippen LogP contribution in [0.3, 0.4) is 0 Å². The van der Waals surface area contributed by atoms with E-state index in [1.54, 1.807) is 24.3 Å². The van der Waals surface area contributed by atoms with Crippen molar-refractivity contribution < 1.29 is 37.1 Å². The third kappa shape index (κ3) is 10.5. The van der Waals surface area contributed by atoms with Gasteiger partial charge in [-0.25, -0.2) is 8.42 Å². The minimum absolute atomic E-state index is 0.202. The maximum absolute atomic E-state index is 14.0. The number of carbonyl (C=O) groups excluding carboxylic acids is 4. The normalized spacial score (nSPS) is 21.7. The average molecular weight is 883 g/mol. The number of fused-ring (bicyclic) bond motifs is 1. The Hall–Kier alpha value is -4.99. The van der Waals surface area contributed by atoms with Gasteiger partial charge in [-0.1, -0.05) is 18.2 Å². The van der Waals surface area contributed by atoms with Crippen molar-refractivity contribution in [1.29, 1.82) is 0 Å². The van der Waals surface area contributed by atoms with Gasteiger partial charge in [-0.3, -0.25) is 29.4 Å². The van der Waals surface area contributed by atoms with Crippen LogP contribution in [0.4, 0.5) is 11.4 Å². The quantitative estimate of drug-likeness (QED) is 0.185. The predicted octanol–water partition coefficient (Wildman–Crippen LogP) is 5.50. The number of hydrogen-bond donors (Lipinski definition) is 2. The standard InChI is InChI=1S/C48H62N6O8S/c1-4-62-44-27-36(7-13-43(44)61-2)42(31-63(3,59)60)54-47(57)39-11-10-38(28-40(39)48(54)58)53-25-17-33(18-26-53)30-51-21-15-32(16-22-51)29-52-23-19-35(20-24-52)34-5-8-37(9-6-34)49-41-12-14-45(55)50-46(41)56/h5-11,13,27-28,32-33,35,41-42,49H,4,12,14-26,29-31H2,1-3H3,(H,50,55,56)/t41?,42-/m1/s1. The Balaban J connectivity index is 0.780. The van der Waals surface area contributed by atoms with Crippen LogP contribution >= 0.6 is 0 Å². The van der Waals surface area contributed by atoms with Crippen LogP contribution in [-0.2, 0) is 19.4 Å². The number of nitrogens with zero attached hydrogens (tertiary/aromatic N) is 4. The summed E-state index contributed by atoms with van der Waals surface area (Å²) in [7, 11) is -2.08. The van der Waals surface area contributed by atoms with Crippen LogP contribution < -0.4 is 25.0 Å². The van der Waals surface area contributed by atoms with Gasteiger partial charge in [-0.15, -0.1) is 0 Å². The lowest BCUT2D eigenvalue weighted by molar-refractivity contribution is -0.133. The summed E-state index contributed by atoms with van der Waals surface area (Å²) in [6.07, 6.45) is 8.88. The van der Waals surface area contributed by atoms with Crippen LogP contribution in [0, 0.1) is 11.8 Å². The summed E-state index contributed by atoms with van der Waals surface area (Å²) in [5.74, 6) is 0.911.